The molecule has 1 aliphatic rings. The van der Waals surface area contributed by atoms with E-state index >= 15 is 0 Å². The highest BCUT2D eigenvalue weighted by Crippen LogP contribution is 2.45. The van der Waals surface area contributed by atoms with Crippen molar-refractivity contribution in [3.63, 3.8) is 0 Å². The third-order valence-electron chi connectivity index (χ3n) is 3.68. The number of alkyl halides is 1. The first-order valence-corrected chi connectivity index (χ1v) is 7.26. The van der Waals surface area contributed by atoms with Gasteiger partial charge in [0.25, 0.3) is 0 Å². The summed E-state index contributed by atoms with van der Waals surface area (Å²) in [5.41, 5.74) is 0.918. The summed E-state index contributed by atoms with van der Waals surface area (Å²) in [6.45, 7) is 0.733. The highest BCUT2D eigenvalue weighted by Gasteiger charge is 2.32. The number of ether oxygens (including phenoxy) is 4. The molecule has 0 N–H and O–H groups in total. The van der Waals surface area contributed by atoms with Gasteiger partial charge < -0.3 is 18.9 Å². The van der Waals surface area contributed by atoms with Crippen LogP contribution in [0.15, 0.2) is 12.1 Å². The molecule has 112 valence electrons. The van der Waals surface area contributed by atoms with Crippen LogP contribution in [0.1, 0.15) is 24.5 Å². The number of hydrogen-bond donors (Lipinski definition) is 0. The maximum absolute atomic E-state index is 6.09. The fourth-order valence-electron chi connectivity index (χ4n) is 2.63. The number of hydrogen-bond acceptors (Lipinski definition) is 4. The molecule has 2 unspecified atom stereocenters. The van der Waals surface area contributed by atoms with E-state index in [1.807, 2.05) is 12.1 Å². The smallest absolute Gasteiger partial charge is 0.132 e. The second-order valence-corrected chi connectivity index (χ2v) is 5.10. The summed E-state index contributed by atoms with van der Waals surface area (Å²) < 4.78 is 22.2. The van der Waals surface area contributed by atoms with Crippen molar-refractivity contribution in [2.24, 2.45) is 5.92 Å². The normalized spacial score (nSPS) is 22.4. The van der Waals surface area contributed by atoms with Crippen LogP contribution < -0.4 is 14.2 Å². The van der Waals surface area contributed by atoms with Gasteiger partial charge in [0.05, 0.1) is 33.0 Å². The lowest BCUT2D eigenvalue weighted by molar-refractivity contribution is -0.0232. The molecule has 1 aromatic rings. The van der Waals surface area contributed by atoms with Crippen LogP contribution in [0.25, 0.3) is 0 Å². The zero-order valence-electron chi connectivity index (χ0n) is 12.1. The zero-order valence-corrected chi connectivity index (χ0v) is 12.9. The molecule has 1 aromatic carbocycles. The van der Waals surface area contributed by atoms with Crippen LogP contribution in [0.3, 0.4) is 0 Å². The van der Waals surface area contributed by atoms with Crippen molar-refractivity contribution in [3.8, 4) is 17.2 Å². The standard InChI is InChI=1S/C15H21ClO4/c1-17-11-7-12(18-2)14(13(8-11)19-3)15-10(9-16)5-4-6-20-15/h7-8,10,15H,4-6,9H2,1-3H3. The predicted octanol–water partition coefficient (Wildman–Crippen LogP) is 3.42. The molecule has 0 radical (unpaired) electrons. The summed E-state index contributed by atoms with van der Waals surface area (Å²) >= 11 is 6.09. The molecule has 2 rings (SSSR count). The van der Waals surface area contributed by atoms with Crippen molar-refractivity contribution in [2.45, 2.75) is 18.9 Å². The molecule has 0 aromatic heterocycles. The minimum atomic E-state index is -0.0999. The molecule has 4 nitrogen and oxygen atoms in total. The summed E-state index contributed by atoms with van der Waals surface area (Å²) in [4.78, 5) is 0. The molecular weight excluding hydrogens is 280 g/mol. The minimum absolute atomic E-state index is 0.0999. The van der Waals surface area contributed by atoms with Gasteiger partial charge in [0.2, 0.25) is 0 Å². The molecule has 0 aliphatic carbocycles. The number of benzene rings is 1. The first kappa shape index (κ1) is 15.3. The molecule has 5 heteroatoms. The van der Waals surface area contributed by atoms with E-state index in [9.17, 15) is 0 Å². The Morgan fingerprint density at radius 1 is 1.15 bits per heavy atom. The Kier molecular flexibility index (Phi) is 5.38. The van der Waals surface area contributed by atoms with E-state index in [4.69, 9.17) is 30.5 Å². The quantitative estimate of drug-likeness (QED) is 0.781. The summed E-state index contributed by atoms with van der Waals surface area (Å²) in [5.74, 6) is 2.94. The molecule has 0 saturated carbocycles. The Bertz CT molecular complexity index is 424. The Hall–Kier alpha value is -1.13. The molecular formula is C15H21ClO4. The van der Waals surface area contributed by atoms with Gasteiger partial charge in [-0.05, 0) is 12.8 Å². The van der Waals surface area contributed by atoms with E-state index in [-0.39, 0.29) is 12.0 Å². The van der Waals surface area contributed by atoms with E-state index in [1.165, 1.54) is 0 Å². The average Bonchev–Trinajstić information content (AvgIpc) is 2.53. The van der Waals surface area contributed by atoms with Crippen molar-refractivity contribution in [1.82, 2.24) is 0 Å². The second-order valence-electron chi connectivity index (χ2n) is 4.79. The third-order valence-corrected chi connectivity index (χ3v) is 4.08. The first-order chi connectivity index (χ1) is 9.74. The van der Waals surface area contributed by atoms with Gasteiger partial charge in [-0.2, -0.15) is 0 Å². The van der Waals surface area contributed by atoms with Crippen LogP contribution in [0, 0.1) is 5.92 Å². The highest BCUT2D eigenvalue weighted by molar-refractivity contribution is 6.18. The summed E-state index contributed by atoms with van der Waals surface area (Å²) in [6, 6.07) is 3.70. The number of rotatable bonds is 5. The highest BCUT2D eigenvalue weighted by atomic mass is 35.5. The predicted molar refractivity (Wildman–Crippen MR) is 78.2 cm³/mol. The fourth-order valence-corrected chi connectivity index (χ4v) is 2.95. The van der Waals surface area contributed by atoms with Crippen molar-refractivity contribution < 1.29 is 18.9 Å². The minimum Gasteiger partial charge on any atom is -0.496 e. The maximum atomic E-state index is 6.09. The Labute approximate surface area is 124 Å². The average molecular weight is 301 g/mol. The van der Waals surface area contributed by atoms with Gasteiger partial charge in [-0.3, -0.25) is 0 Å². The van der Waals surface area contributed by atoms with E-state index in [2.05, 4.69) is 0 Å². The molecule has 20 heavy (non-hydrogen) atoms. The molecule has 1 fully saturated rings. The maximum Gasteiger partial charge on any atom is 0.132 e. The summed E-state index contributed by atoms with van der Waals surface area (Å²) in [5, 5.41) is 0. The Morgan fingerprint density at radius 2 is 1.80 bits per heavy atom. The van der Waals surface area contributed by atoms with Gasteiger partial charge in [0.1, 0.15) is 17.2 Å². The van der Waals surface area contributed by atoms with Gasteiger partial charge in [-0.1, -0.05) is 0 Å². The lowest BCUT2D eigenvalue weighted by Crippen LogP contribution is -2.24. The molecule has 0 bridgehead atoms. The fraction of sp³-hybridized carbons (Fsp3) is 0.600. The number of halogens is 1. The topological polar surface area (TPSA) is 36.9 Å². The van der Waals surface area contributed by atoms with E-state index in [0.717, 1.165) is 25.0 Å². The van der Waals surface area contributed by atoms with Gasteiger partial charge in [-0.15, -0.1) is 11.6 Å². The SMILES string of the molecule is COc1cc(OC)c(C2OCCCC2CCl)c(OC)c1. The Balaban J connectivity index is 2.47. The van der Waals surface area contributed by atoms with Crippen LogP contribution in [-0.2, 0) is 4.74 Å². The Morgan fingerprint density at radius 3 is 2.30 bits per heavy atom. The molecule has 2 atom stereocenters. The third kappa shape index (κ3) is 2.96. The lowest BCUT2D eigenvalue weighted by atomic mass is 9.90. The van der Waals surface area contributed by atoms with E-state index in [1.54, 1.807) is 21.3 Å². The summed E-state index contributed by atoms with van der Waals surface area (Å²) in [7, 11) is 4.89. The second kappa shape index (κ2) is 7.04. The van der Waals surface area contributed by atoms with Gasteiger partial charge in [-0.25, -0.2) is 0 Å². The van der Waals surface area contributed by atoms with Crippen LogP contribution in [-0.4, -0.2) is 33.8 Å². The zero-order chi connectivity index (χ0) is 14.5. The molecule has 0 spiro atoms. The van der Waals surface area contributed by atoms with Gasteiger partial charge >= 0.3 is 0 Å². The van der Waals surface area contributed by atoms with Crippen molar-refractivity contribution >= 4 is 11.6 Å². The summed E-state index contributed by atoms with van der Waals surface area (Å²) in [6.07, 6.45) is 1.98. The molecule has 1 aliphatic heterocycles. The lowest BCUT2D eigenvalue weighted by Gasteiger charge is -2.32. The largest absolute Gasteiger partial charge is 0.496 e. The first-order valence-electron chi connectivity index (χ1n) is 6.72. The van der Waals surface area contributed by atoms with Gasteiger partial charge in [0.15, 0.2) is 0 Å². The molecule has 1 saturated heterocycles. The van der Waals surface area contributed by atoms with Crippen LogP contribution in [0.4, 0.5) is 0 Å². The monoisotopic (exact) mass is 300 g/mol. The van der Waals surface area contributed by atoms with Crippen molar-refractivity contribution in [2.75, 3.05) is 33.8 Å². The van der Waals surface area contributed by atoms with Crippen molar-refractivity contribution in [3.05, 3.63) is 17.7 Å². The van der Waals surface area contributed by atoms with Crippen LogP contribution >= 0.6 is 11.6 Å². The van der Waals surface area contributed by atoms with E-state index in [0.29, 0.717) is 23.1 Å². The molecule has 1 heterocycles. The molecule has 0 amide bonds. The van der Waals surface area contributed by atoms with Crippen molar-refractivity contribution in [1.29, 1.82) is 0 Å². The van der Waals surface area contributed by atoms with Crippen LogP contribution in [0.2, 0.25) is 0 Å². The van der Waals surface area contributed by atoms with Crippen LogP contribution in [0.5, 0.6) is 17.2 Å². The van der Waals surface area contributed by atoms with E-state index < -0.39 is 0 Å². The van der Waals surface area contributed by atoms with Gasteiger partial charge in [0, 0.05) is 30.5 Å². The number of methoxy groups -OCH3 is 3.